The first-order valence-electron chi connectivity index (χ1n) is 5.86. The monoisotopic (exact) mass is 247 g/mol. The van der Waals surface area contributed by atoms with Gasteiger partial charge in [-0.15, -0.1) is 0 Å². The third kappa shape index (κ3) is 3.45. The van der Waals surface area contributed by atoms with E-state index in [1.807, 2.05) is 19.9 Å². The average Bonchev–Trinajstić information content (AvgIpc) is 2.28. The second kappa shape index (κ2) is 5.50. The van der Waals surface area contributed by atoms with Crippen molar-refractivity contribution in [2.24, 2.45) is 0 Å². The molecule has 0 saturated heterocycles. The minimum atomic E-state index is -0.498. The molecule has 0 aromatic heterocycles. The molecule has 1 aromatic rings. The van der Waals surface area contributed by atoms with Crippen LogP contribution in [0.1, 0.15) is 39.2 Å². The number of non-ortho nitro benzene ring substituents is 1. The van der Waals surface area contributed by atoms with Crippen LogP contribution in [0.15, 0.2) is 18.2 Å². The molecule has 5 heteroatoms. The lowest BCUT2D eigenvalue weighted by Gasteiger charge is -2.27. The van der Waals surface area contributed by atoms with Crippen LogP contribution in [0.4, 0.5) is 11.4 Å². The van der Waals surface area contributed by atoms with Gasteiger partial charge in [0, 0.05) is 17.7 Å². The highest BCUT2D eigenvalue weighted by molar-refractivity contribution is 5.62. The Hall–Kier alpha value is -2.09. The van der Waals surface area contributed by atoms with E-state index in [1.54, 1.807) is 6.07 Å². The number of nitro benzene ring substituents is 1. The molecule has 1 N–H and O–H groups in total. The first-order chi connectivity index (χ1) is 8.39. The number of nitrogens with one attached hydrogen (secondary N) is 1. The van der Waals surface area contributed by atoms with Crippen molar-refractivity contribution in [3.05, 3.63) is 33.9 Å². The van der Waals surface area contributed by atoms with Crippen LogP contribution < -0.4 is 5.32 Å². The highest BCUT2D eigenvalue weighted by atomic mass is 16.6. The van der Waals surface area contributed by atoms with Gasteiger partial charge in [0.25, 0.3) is 5.69 Å². The molecule has 0 saturated carbocycles. The van der Waals surface area contributed by atoms with E-state index < -0.39 is 4.92 Å². The van der Waals surface area contributed by atoms with Gasteiger partial charge in [0.1, 0.15) is 6.07 Å². The third-order valence-electron chi connectivity index (χ3n) is 2.68. The summed E-state index contributed by atoms with van der Waals surface area (Å²) in [6.07, 6.45) is 1.98. The van der Waals surface area contributed by atoms with E-state index in [2.05, 4.69) is 12.2 Å². The SMILES string of the molecule is CCCC(C)(C)Nc1ccc([N+](=O)[O-])cc1C#N. The van der Waals surface area contributed by atoms with Gasteiger partial charge in [-0.1, -0.05) is 13.3 Å². The van der Waals surface area contributed by atoms with Gasteiger partial charge in [-0.05, 0) is 26.3 Å². The Morgan fingerprint density at radius 1 is 1.50 bits per heavy atom. The molecular weight excluding hydrogens is 230 g/mol. The molecule has 0 unspecified atom stereocenters. The Kier molecular flexibility index (Phi) is 4.27. The summed E-state index contributed by atoms with van der Waals surface area (Å²) in [4.78, 5) is 10.1. The molecule has 0 bridgehead atoms. The number of hydrogen-bond acceptors (Lipinski definition) is 4. The van der Waals surface area contributed by atoms with Gasteiger partial charge in [0.05, 0.1) is 16.2 Å². The highest BCUT2D eigenvalue weighted by Crippen LogP contribution is 2.25. The molecule has 0 aliphatic carbocycles. The van der Waals surface area contributed by atoms with Crippen LogP contribution in [0.25, 0.3) is 0 Å². The lowest BCUT2D eigenvalue weighted by molar-refractivity contribution is -0.384. The van der Waals surface area contributed by atoms with E-state index in [0.29, 0.717) is 11.3 Å². The zero-order chi connectivity index (χ0) is 13.8. The van der Waals surface area contributed by atoms with E-state index in [-0.39, 0.29) is 11.2 Å². The molecule has 0 amide bonds. The Morgan fingerprint density at radius 3 is 2.67 bits per heavy atom. The summed E-state index contributed by atoms with van der Waals surface area (Å²) in [5, 5.41) is 22.9. The molecule has 96 valence electrons. The van der Waals surface area contributed by atoms with Gasteiger partial charge in [0.15, 0.2) is 0 Å². The molecule has 18 heavy (non-hydrogen) atoms. The van der Waals surface area contributed by atoms with E-state index >= 15 is 0 Å². The second-order valence-electron chi connectivity index (χ2n) is 4.86. The Labute approximate surface area is 107 Å². The van der Waals surface area contributed by atoms with Gasteiger partial charge < -0.3 is 5.32 Å². The van der Waals surface area contributed by atoms with E-state index in [4.69, 9.17) is 5.26 Å². The van der Waals surface area contributed by atoms with Crippen LogP contribution >= 0.6 is 0 Å². The number of nitro groups is 1. The number of hydrogen-bond donors (Lipinski definition) is 1. The number of nitriles is 1. The minimum Gasteiger partial charge on any atom is -0.379 e. The Morgan fingerprint density at radius 2 is 2.17 bits per heavy atom. The molecule has 5 nitrogen and oxygen atoms in total. The molecule has 0 atom stereocenters. The summed E-state index contributed by atoms with van der Waals surface area (Å²) in [6, 6.07) is 6.28. The van der Waals surface area contributed by atoms with Crippen LogP contribution in [0.3, 0.4) is 0 Å². The van der Waals surface area contributed by atoms with Crippen molar-refractivity contribution in [1.29, 1.82) is 5.26 Å². The maximum Gasteiger partial charge on any atom is 0.270 e. The van der Waals surface area contributed by atoms with Crippen molar-refractivity contribution in [3.8, 4) is 6.07 Å². The molecule has 0 aliphatic rings. The van der Waals surface area contributed by atoms with E-state index in [0.717, 1.165) is 12.8 Å². The van der Waals surface area contributed by atoms with Crippen molar-refractivity contribution < 1.29 is 4.92 Å². The zero-order valence-electron chi connectivity index (χ0n) is 10.9. The lowest BCUT2D eigenvalue weighted by Crippen LogP contribution is -2.30. The fourth-order valence-corrected chi connectivity index (χ4v) is 1.90. The van der Waals surface area contributed by atoms with Crippen molar-refractivity contribution in [1.82, 2.24) is 0 Å². The maximum absolute atomic E-state index is 10.6. The largest absolute Gasteiger partial charge is 0.379 e. The summed E-state index contributed by atoms with van der Waals surface area (Å²) in [5.74, 6) is 0. The van der Waals surface area contributed by atoms with Crippen molar-refractivity contribution in [3.63, 3.8) is 0 Å². The fraction of sp³-hybridized carbons (Fsp3) is 0.462. The number of benzene rings is 1. The molecule has 0 fully saturated rings. The fourth-order valence-electron chi connectivity index (χ4n) is 1.90. The first-order valence-corrected chi connectivity index (χ1v) is 5.86. The highest BCUT2D eigenvalue weighted by Gasteiger charge is 2.19. The lowest BCUT2D eigenvalue weighted by atomic mass is 9.98. The average molecular weight is 247 g/mol. The minimum absolute atomic E-state index is 0.0644. The predicted octanol–water partition coefficient (Wildman–Crippen LogP) is 3.46. The summed E-state index contributed by atoms with van der Waals surface area (Å²) in [7, 11) is 0. The first kappa shape index (κ1) is 14.0. The van der Waals surface area contributed by atoms with Crippen molar-refractivity contribution in [2.75, 3.05) is 5.32 Å². The number of anilines is 1. The Bertz CT molecular complexity index is 489. The quantitative estimate of drug-likeness (QED) is 0.638. The molecular formula is C13H17N3O2. The molecule has 0 heterocycles. The van der Waals surface area contributed by atoms with Gasteiger partial charge in [-0.25, -0.2) is 0 Å². The Balaban J connectivity index is 3.04. The molecule has 0 radical (unpaired) electrons. The normalized spacial score (nSPS) is 10.8. The smallest absolute Gasteiger partial charge is 0.270 e. The summed E-state index contributed by atoms with van der Waals surface area (Å²) >= 11 is 0. The summed E-state index contributed by atoms with van der Waals surface area (Å²) in [5.41, 5.74) is 0.733. The van der Waals surface area contributed by atoms with Crippen LogP contribution in [-0.4, -0.2) is 10.5 Å². The summed E-state index contributed by atoms with van der Waals surface area (Å²) in [6.45, 7) is 6.17. The van der Waals surface area contributed by atoms with E-state index in [9.17, 15) is 10.1 Å². The molecule has 0 spiro atoms. The summed E-state index contributed by atoms with van der Waals surface area (Å²) < 4.78 is 0. The number of rotatable bonds is 5. The molecule has 0 aliphatic heterocycles. The number of nitrogens with zero attached hydrogens (tertiary/aromatic N) is 2. The van der Waals surface area contributed by atoms with Crippen LogP contribution in [0.2, 0.25) is 0 Å². The molecule has 1 aromatic carbocycles. The van der Waals surface area contributed by atoms with Crippen LogP contribution in [-0.2, 0) is 0 Å². The second-order valence-corrected chi connectivity index (χ2v) is 4.86. The third-order valence-corrected chi connectivity index (χ3v) is 2.68. The standard InChI is InChI=1S/C13H17N3O2/c1-4-7-13(2,3)15-12-6-5-11(16(17)18)8-10(12)9-14/h5-6,8,15H,4,7H2,1-3H3. The van der Waals surface area contributed by atoms with Crippen molar-refractivity contribution in [2.45, 2.75) is 39.2 Å². The maximum atomic E-state index is 10.6. The van der Waals surface area contributed by atoms with E-state index in [1.165, 1.54) is 12.1 Å². The van der Waals surface area contributed by atoms with Crippen LogP contribution in [0, 0.1) is 21.4 Å². The van der Waals surface area contributed by atoms with Crippen molar-refractivity contribution >= 4 is 11.4 Å². The molecule has 1 rings (SSSR count). The van der Waals surface area contributed by atoms with Crippen LogP contribution in [0.5, 0.6) is 0 Å². The van der Waals surface area contributed by atoms with Gasteiger partial charge in [-0.2, -0.15) is 5.26 Å². The zero-order valence-corrected chi connectivity index (χ0v) is 10.9. The van der Waals surface area contributed by atoms with Gasteiger partial charge in [0.2, 0.25) is 0 Å². The van der Waals surface area contributed by atoms with Gasteiger partial charge in [-0.3, -0.25) is 10.1 Å². The van der Waals surface area contributed by atoms with Gasteiger partial charge >= 0.3 is 0 Å². The topological polar surface area (TPSA) is 79.0 Å². The predicted molar refractivity (Wildman–Crippen MR) is 70.4 cm³/mol.